The first-order chi connectivity index (χ1) is 10.3. The predicted octanol–water partition coefficient (Wildman–Crippen LogP) is 3.33. The highest BCUT2D eigenvalue weighted by Crippen LogP contribution is 2.37. The molecule has 0 saturated heterocycles. The molecule has 1 N–H and O–H groups in total. The van der Waals surface area contributed by atoms with Crippen LogP contribution in [0.5, 0.6) is 0 Å². The zero-order valence-electron chi connectivity index (χ0n) is 11.9. The molecular formula is C18H19NO2. The van der Waals surface area contributed by atoms with Gasteiger partial charge in [0.25, 0.3) is 0 Å². The zero-order valence-corrected chi connectivity index (χ0v) is 11.9. The van der Waals surface area contributed by atoms with Crippen molar-refractivity contribution in [3.8, 4) is 0 Å². The minimum Gasteiger partial charge on any atom is -0.480 e. The Bertz CT molecular complexity index is 554. The van der Waals surface area contributed by atoms with E-state index < -0.39 is 5.97 Å². The van der Waals surface area contributed by atoms with Crippen LogP contribution in [0, 0.1) is 0 Å². The number of carboxylic acids is 1. The van der Waals surface area contributed by atoms with Crippen molar-refractivity contribution >= 4 is 5.97 Å². The van der Waals surface area contributed by atoms with Crippen molar-refractivity contribution in [2.24, 2.45) is 0 Å². The van der Waals surface area contributed by atoms with Gasteiger partial charge in [-0.2, -0.15) is 0 Å². The Hall–Kier alpha value is -2.13. The van der Waals surface area contributed by atoms with Crippen molar-refractivity contribution in [2.75, 3.05) is 6.54 Å². The average Bonchev–Trinajstić information content (AvgIpc) is 3.33. The van der Waals surface area contributed by atoms with Crippen LogP contribution in [-0.4, -0.2) is 28.6 Å². The number of carbonyl (C=O) groups is 1. The summed E-state index contributed by atoms with van der Waals surface area (Å²) in [7, 11) is 0. The Balaban J connectivity index is 2.00. The van der Waals surface area contributed by atoms with Crippen LogP contribution in [0.15, 0.2) is 60.7 Å². The fraction of sp³-hybridized carbons (Fsp3) is 0.278. The number of hydrogen-bond acceptors (Lipinski definition) is 2. The average molecular weight is 281 g/mol. The number of benzene rings is 2. The summed E-state index contributed by atoms with van der Waals surface area (Å²) < 4.78 is 0. The largest absolute Gasteiger partial charge is 0.480 e. The summed E-state index contributed by atoms with van der Waals surface area (Å²) in [5.41, 5.74) is 2.30. The van der Waals surface area contributed by atoms with E-state index in [-0.39, 0.29) is 12.6 Å². The Morgan fingerprint density at radius 1 is 1.00 bits per heavy atom. The standard InChI is InChI=1S/C18H19NO2/c20-17(21)13-19(16-11-12-16)18(14-7-3-1-4-8-14)15-9-5-2-6-10-15/h1-10,16,18H,11-13H2,(H,20,21). The molecule has 0 atom stereocenters. The van der Waals surface area contributed by atoms with Gasteiger partial charge in [0.15, 0.2) is 0 Å². The molecule has 3 nitrogen and oxygen atoms in total. The molecule has 3 rings (SSSR count). The van der Waals surface area contributed by atoms with E-state index in [1.165, 1.54) is 0 Å². The first-order valence-corrected chi connectivity index (χ1v) is 7.33. The Morgan fingerprint density at radius 3 is 1.86 bits per heavy atom. The maximum Gasteiger partial charge on any atom is 0.317 e. The topological polar surface area (TPSA) is 40.5 Å². The summed E-state index contributed by atoms with van der Waals surface area (Å²) in [5.74, 6) is -0.765. The quantitative estimate of drug-likeness (QED) is 0.883. The van der Waals surface area contributed by atoms with Gasteiger partial charge in [0.05, 0.1) is 12.6 Å². The summed E-state index contributed by atoms with van der Waals surface area (Å²) in [6.45, 7) is 0.0825. The first kappa shape index (κ1) is 13.8. The molecule has 0 unspecified atom stereocenters. The van der Waals surface area contributed by atoms with Crippen molar-refractivity contribution in [2.45, 2.75) is 24.9 Å². The highest BCUT2D eigenvalue weighted by molar-refractivity contribution is 5.69. The van der Waals surface area contributed by atoms with Gasteiger partial charge in [0.2, 0.25) is 0 Å². The molecule has 0 radical (unpaired) electrons. The van der Waals surface area contributed by atoms with E-state index in [1.807, 2.05) is 36.4 Å². The predicted molar refractivity (Wildman–Crippen MR) is 82.1 cm³/mol. The molecule has 0 amide bonds. The van der Waals surface area contributed by atoms with Gasteiger partial charge in [-0.15, -0.1) is 0 Å². The second-order valence-electron chi connectivity index (χ2n) is 5.52. The van der Waals surface area contributed by atoms with E-state index in [9.17, 15) is 9.90 Å². The SMILES string of the molecule is O=C(O)CN(C1CC1)C(c1ccccc1)c1ccccc1. The van der Waals surface area contributed by atoms with Gasteiger partial charge in [-0.3, -0.25) is 9.69 Å². The molecule has 0 aromatic heterocycles. The van der Waals surface area contributed by atoms with Gasteiger partial charge in [-0.1, -0.05) is 60.7 Å². The van der Waals surface area contributed by atoms with Gasteiger partial charge < -0.3 is 5.11 Å². The van der Waals surface area contributed by atoms with E-state index in [1.54, 1.807) is 0 Å². The summed E-state index contributed by atoms with van der Waals surface area (Å²) in [6.07, 6.45) is 2.17. The van der Waals surface area contributed by atoms with Gasteiger partial charge in [-0.05, 0) is 24.0 Å². The van der Waals surface area contributed by atoms with Crippen LogP contribution < -0.4 is 0 Å². The molecule has 21 heavy (non-hydrogen) atoms. The van der Waals surface area contributed by atoms with E-state index >= 15 is 0 Å². The van der Waals surface area contributed by atoms with Gasteiger partial charge >= 0.3 is 5.97 Å². The van der Waals surface area contributed by atoms with E-state index in [2.05, 4.69) is 29.2 Å². The molecule has 2 aromatic rings. The van der Waals surface area contributed by atoms with Crippen molar-refractivity contribution < 1.29 is 9.90 Å². The van der Waals surface area contributed by atoms with Crippen LogP contribution in [0.3, 0.4) is 0 Å². The normalized spacial score (nSPS) is 14.6. The maximum atomic E-state index is 11.3. The lowest BCUT2D eigenvalue weighted by Gasteiger charge is -2.31. The minimum absolute atomic E-state index is 0.0102. The van der Waals surface area contributed by atoms with E-state index in [0.29, 0.717) is 6.04 Å². The Morgan fingerprint density at radius 2 is 1.48 bits per heavy atom. The summed E-state index contributed by atoms with van der Waals surface area (Å²) >= 11 is 0. The maximum absolute atomic E-state index is 11.3. The minimum atomic E-state index is -0.765. The van der Waals surface area contributed by atoms with Crippen molar-refractivity contribution in [1.82, 2.24) is 4.90 Å². The molecule has 0 heterocycles. The fourth-order valence-corrected chi connectivity index (χ4v) is 2.84. The van der Waals surface area contributed by atoms with Crippen LogP contribution in [0.2, 0.25) is 0 Å². The molecule has 1 aliphatic rings. The molecular weight excluding hydrogens is 262 g/mol. The number of hydrogen-bond donors (Lipinski definition) is 1. The van der Waals surface area contributed by atoms with Gasteiger partial charge in [-0.25, -0.2) is 0 Å². The number of aliphatic carboxylic acids is 1. The van der Waals surface area contributed by atoms with Crippen LogP contribution in [0.25, 0.3) is 0 Å². The summed E-state index contributed by atoms with van der Waals surface area (Å²) in [4.78, 5) is 13.4. The van der Waals surface area contributed by atoms with E-state index in [4.69, 9.17) is 0 Å². The van der Waals surface area contributed by atoms with Crippen LogP contribution in [-0.2, 0) is 4.79 Å². The monoisotopic (exact) mass is 281 g/mol. The molecule has 1 fully saturated rings. The van der Waals surface area contributed by atoms with E-state index in [0.717, 1.165) is 24.0 Å². The molecule has 1 saturated carbocycles. The zero-order chi connectivity index (χ0) is 14.7. The highest BCUT2D eigenvalue weighted by Gasteiger charge is 2.36. The Labute approximate surface area is 124 Å². The lowest BCUT2D eigenvalue weighted by atomic mass is 9.97. The number of rotatable bonds is 6. The third-order valence-corrected chi connectivity index (χ3v) is 3.90. The summed E-state index contributed by atoms with van der Waals surface area (Å²) in [5, 5.41) is 9.26. The van der Waals surface area contributed by atoms with Gasteiger partial charge in [0, 0.05) is 6.04 Å². The first-order valence-electron chi connectivity index (χ1n) is 7.33. The Kier molecular flexibility index (Phi) is 4.02. The molecule has 2 aromatic carbocycles. The number of nitrogens with zero attached hydrogens (tertiary/aromatic N) is 1. The number of carboxylic acid groups (broad SMARTS) is 1. The smallest absolute Gasteiger partial charge is 0.317 e. The lowest BCUT2D eigenvalue weighted by molar-refractivity contribution is -0.138. The van der Waals surface area contributed by atoms with Gasteiger partial charge in [0.1, 0.15) is 0 Å². The second-order valence-corrected chi connectivity index (χ2v) is 5.52. The lowest BCUT2D eigenvalue weighted by Crippen LogP contribution is -2.36. The fourth-order valence-electron chi connectivity index (χ4n) is 2.84. The third kappa shape index (κ3) is 3.31. The summed E-state index contributed by atoms with van der Waals surface area (Å²) in [6, 6.07) is 20.7. The molecule has 3 heteroatoms. The highest BCUT2D eigenvalue weighted by atomic mass is 16.4. The van der Waals surface area contributed by atoms with Crippen LogP contribution >= 0.6 is 0 Å². The third-order valence-electron chi connectivity index (χ3n) is 3.90. The van der Waals surface area contributed by atoms with Crippen molar-refractivity contribution in [1.29, 1.82) is 0 Å². The molecule has 1 aliphatic carbocycles. The van der Waals surface area contributed by atoms with Crippen LogP contribution in [0.4, 0.5) is 0 Å². The molecule has 0 spiro atoms. The second kappa shape index (κ2) is 6.10. The van der Waals surface area contributed by atoms with Crippen molar-refractivity contribution in [3.63, 3.8) is 0 Å². The molecule has 0 aliphatic heterocycles. The van der Waals surface area contributed by atoms with Crippen LogP contribution in [0.1, 0.15) is 30.0 Å². The molecule has 0 bridgehead atoms. The van der Waals surface area contributed by atoms with Crippen molar-refractivity contribution in [3.05, 3.63) is 71.8 Å². The molecule has 108 valence electrons.